The SMILES string of the molecule is C#CCCN(C)[C@H]1C[C@@H](C)OC(O[C@@H]2[C@@H](C)[C@H](OC3C[C@@](C)(OC)[C@@H](O)[C@H](C)O3)[C@@H](C)C(=O)O[C@H](CC)[C@@](C)(O)[C@H](O)[C@@H](C)/C(=N/OCCN(C)C)[C@H](C)CC2(O)O)[C@H]1O. The summed E-state index contributed by atoms with van der Waals surface area (Å²) in [5.41, 5.74) is -2.91. The summed E-state index contributed by atoms with van der Waals surface area (Å²) >= 11 is 0. The van der Waals surface area contributed by atoms with Gasteiger partial charge in [-0.1, -0.05) is 32.9 Å². The summed E-state index contributed by atoms with van der Waals surface area (Å²) in [7, 11) is 7.03. The Morgan fingerprint density at radius 2 is 1.58 bits per heavy atom. The van der Waals surface area contributed by atoms with E-state index in [1.165, 1.54) is 14.0 Å². The zero-order chi connectivity index (χ0) is 45.5. The third-order valence-electron chi connectivity index (χ3n) is 12.9. The molecule has 0 aromatic carbocycles. The molecule has 3 fully saturated rings. The fourth-order valence-corrected chi connectivity index (χ4v) is 8.92. The molecule has 3 aliphatic rings. The molecule has 348 valence electrons. The number of cyclic esters (lactones) is 1. The lowest BCUT2D eigenvalue weighted by atomic mass is 9.76. The molecule has 3 aliphatic heterocycles. The van der Waals surface area contributed by atoms with Crippen molar-refractivity contribution >= 4 is 11.7 Å². The van der Waals surface area contributed by atoms with Gasteiger partial charge < -0.3 is 68.8 Å². The number of carbonyl (C=O) groups is 1. The zero-order valence-electron chi connectivity index (χ0n) is 38.2. The van der Waals surface area contributed by atoms with E-state index in [4.69, 9.17) is 39.7 Å². The van der Waals surface area contributed by atoms with Gasteiger partial charge in [0.15, 0.2) is 18.4 Å². The standard InChI is InChI=1S/C43H77N3O14/c1-15-17-18-46(13)30-21-25(4)56-40(34(30)47)60-38-27(6)35(59-32-23-41(9,54-14)37(49)29(8)57-32)28(7)39(50)58-31(16-2)42(10,51)36(48)26(5)33(24(3)22-43(38,52)53)44-55-20-19-45(11)12/h1,24-32,34-38,40,47-49,51-53H,16-23H2,2-14H3/b44-33+/t24-,25-,26+,27+,28-,29+,30+,31-,32?,34+,35+,36-,37+,38-,40?,41-,42-/m1/s1. The number of rotatable bonds is 13. The van der Waals surface area contributed by atoms with Crippen LogP contribution in [0.2, 0.25) is 0 Å². The predicted molar refractivity (Wildman–Crippen MR) is 222 cm³/mol. The third kappa shape index (κ3) is 12.6. The fourth-order valence-electron chi connectivity index (χ4n) is 8.92. The van der Waals surface area contributed by atoms with Crippen LogP contribution in [0, 0.1) is 36.0 Å². The number of hydrogen-bond donors (Lipinski definition) is 6. The molecule has 0 radical (unpaired) electrons. The van der Waals surface area contributed by atoms with Crippen molar-refractivity contribution in [3.63, 3.8) is 0 Å². The van der Waals surface area contributed by atoms with Crippen molar-refractivity contribution in [2.45, 2.75) is 179 Å². The number of esters is 1. The van der Waals surface area contributed by atoms with Gasteiger partial charge in [0.1, 0.15) is 36.6 Å². The second-order valence-corrected chi connectivity index (χ2v) is 18.2. The van der Waals surface area contributed by atoms with Crippen molar-refractivity contribution in [3.8, 4) is 12.3 Å². The summed E-state index contributed by atoms with van der Waals surface area (Å²) < 4.78 is 37.3. The molecule has 3 saturated heterocycles. The molecule has 0 aliphatic carbocycles. The van der Waals surface area contributed by atoms with Crippen molar-refractivity contribution in [3.05, 3.63) is 0 Å². The third-order valence-corrected chi connectivity index (χ3v) is 12.9. The predicted octanol–water partition coefficient (Wildman–Crippen LogP) is 1.47. The summed E-state index contributed by atoms with van der Waals surface area (Å²) in [6, 6.07) is -0.470. The van der Waals surface area contributed by atoms with Crippen molar-refractivity contribution < 1.29 is 68.7 Å². The molecule has 0 amide bonds. The van der Waals surface area contributed by atoms with Crippen LogP contribution in [0.5, 0.6) is 0 Å². The smallest absolute Gasteiger partial charge is 0.311 e. The van der Waals surface area contributed by atoms with Crippen molar-refractivity contribution in [2.24, 2.45) is 28.8 Å². The number of terminal acetylenes is 1. The Hall–Kier alpha value is -2.02. The topological polar surface area (TPSA) is 222 Å². The van der Waals surface area contributed by atoms with Gasteiger partial charge >= 0.3 is 5.97 Å². The van der Waals surface area contributed by atoms with Crippen molar-refractivity contribution in [2.75, 3.05) is 47.9 Å². The van der Waals surface area contributed by atoms with Crippen LogP contribution in [0.25, 0.3) is 0 Å². The lowest BCUT2D eigenvalue weighted by Crippen LogP contribution is -2.62. The average Bonchev–Trinajstić information content (AvgIpc) is 3.17. The zero-order valence-corrected chi connectivity index (χ0v) is 38.2. The molecule has 17 atom stereocenters. The first kappa shape index (κ1) is 52.3. The van der Waals surface area contributed by atoms with E-state index in [-0.39, 0.29) is 25.2 Å². The molecule has 17 nitrogen and oxygen atoms in total. The molecule has 6 N–H and O–H groups in total. The van der Waals surface area contributed by atoms with Crippen molar-refractivity contribution in [1.29, 1.82) is 0 Å². The molecule has 0 aromatic heterocycles. The van der Waals surface area contributed by atoms with Crippen LogP contribution < -0.4 is 0 Å². The van der Waals surface area contributed by atoms with Gasteiger partial charge in [0.05, 0.1) is 41.6 Å². The quantitative estimate of drug-likeness (QED) is 0.0508. The van der Waals surface area contributed by atoms with Crippen LogP contribution in [-0.4, -0.2) is 185 Å². The number of nitrogens with zero attached hydrogens (tertiary/aromatic N) is 3. The van der Waals surface area contributed by atoms with Gasteiger partial charge in [0.2, 0.25) is 0 Å². The highest BCUT2D eigenvalue weighted by Crippen LogP contribution is 2.40. The maximum Gasteiger partial charge on any atom is 0.311 e. The van der Waals surface area contributed by atoms with E-state index in [9.17, 15) is 35.4 Å². The summed E-state index contributed by atoms with van der Waals surface area (Å²) in [6.45, 7) is 16.0. The second-order valence-electron chi connectivity index (χ2n) is 18.2. The molecule has 0 saturated carbocycles. The highest BCUT2D eigenvalue weighted by atomic mass is 16.7. The molecular weight excluding hydrogens is 782 g/mol. The van der Waals surface area contributed by atoms with Crippen LogP contribution in [0.4, 0.5) is 0 Å². The highest BCUT2D eigenvalue weighted by molar-refractivity contribution is 5.88. The normalized spacial score (nSPS) is 43.0. The van der Waals surface area contributed by atoms with Gasteiger partial charge in [-0.15, -0.1) is 12.3 Å². The second kappa shape index (κ2) is 22.1. The molecule has 0 bridgehead atoms. The molecule has 17 heteroatoms. The fraction of sp³-hybridized carbons (Fsp3) is 0.907. The maximum atomic E-state index is 14.3. The lowest BCUT2D eigenvalue weighted by molar-refractivity contribution is -0.345. The van der Waals surface area contributed by atoms with E-state index in [1.54, 1.807) is 48.5 Å². The van der Waals surface area contributed by atoms with E-state index < -0.39 is 121 Å². The highest BCUT2D eigenvalue weighted by Gasteiger charge is 2.54. The summed E-state index contributed by atoms with van der Waals surface area (Å²) in [6.07, 6.45) is -5.46. The molecule has 0 spiro atoms. The summed E-state index contributed by atoms with van der Waals surface area (Å²) in [4.78, 5) is 23.9. The molecule has 60 heavy (non-hydrogen) atoms. The Labute approximate surface area is 357 Å². The molecule has 0 aromatic rings. The van der Waals surface area contributed by atoms with Crippen LogP contribution in [0.1, 0.15) is 94.4 Å². The Morgan fingerprint density at radius 3 is 2.17 bits per heavy atom. The van der Waals surface area contributed by atoms with Gasteiger partial charge in [-0.05, 0) is 68.6 Å². The summed E-state index contributed by atoms with van der Waals surface area (Å²) in [5.74, 6) is -5.00. The number of aliphatic hydroxyl groups is 6. The minimum Gasteiger partial charge on any atom is -0.459 e. The Morgan fingerprint density at radius 1 is 0.933 bits per heavy atom. The molecule has 2 unspecified atom stereocenters. The average molecular weight is 860 g/mol. The van der Waals surface area contributed by atoms with Gasteiger partial charge in [-0.3, -0.25) is 9.69 Å². The number of likely N-dealkylation sites (N-methyl/N-ethyl adjacent to an activating group) is 2. The Kier molecular flexibility index (Phi) is 19.2. The van der Waals surface area contributed by atoms with Gasteiger partial charge in [0.25, 0.3) is 0 Å². The Bertz CT molecular complexity index is 1430. The monoisotopic (exact) mass is 860 g/mol. The van der Waals surface area contributed by atoms with Gasteiger partial charge in [-0.25, -0.2) is 0 Å². The molecule has 3 rings (SSSR count). The van der Waals surface area contributed by atoms with Crippen LogP contribution in [0.15, 0.2) is 5.16 Å². The van der Waals surface area contributed by atoms with Crippen molar-refractivity contribution in [1.82, 2.24) is 9.80 Å². The van der Waals surface area contributed by atoms with Gasteiger partial charge in [-0.2, -0.15) is 0 Å². The maximum absolute atomic E-state index is 14.3. The van der Waals surface area contributed by atoms with Crippen LogP contribution in [0.3, 0.4) is 0 Å². The Balaban J connectivity index is 2.24. The van der Waals surface area contributed by atoms with E-state index in [1.807, 2.05) is 37.9 Å². The van der Waals surface area contributed by atoms with Crippen LogP contribution >= 0.6 is 0 Å². The summed E-state index contributed by atoms with van der Waals surface area (Å²) in [5, 5.41) is 75.8. The number of carbonyl (C=O) groups excluding carboxylic acids is 1. The largest absolute Gasteiger partial charge is 0.459 e. The first-order valence-corrected chi connectivity index (χ1v) is 21.4. The van der Waals surface area contributed by atoms with Gasteiger partial charge in [0, 0.05) is 63.3 Å². The number of ether oxygens (including phenoxy) is 6. The minimum absolute atomic E-state index is 0.0314. The number of methoxy groups -OCH3 is 1. The van der Waals surface area contributed by atoms with E-state index in [0.717, 1.165) is 0 Å². The van der Waals surface area contributed by atoms with E-state index >= 15 is 0 Å². The minimum atomic E-state index is -2.76. The number of aliphatic hydroxyl groups excluding tert-OH is 3. The molecular formula is C43H77N3O14. The van der Waals surface area contributed by atoms with Crippen LogP contribution in [-0.2, 0) is 38.1 Å². The first-order valence-electron chi connectivity index (χ1n) is 21.4. The lowest BCUT2D eigenvalue weighted by Gasteiger charge is -2.48. The first-order chi connectivity index (χ1) is 27.9. The number of oxime groups is 1. The van der Waals surface area contributed by atoms with E-state index in [2.05, 4.69) is 11.1 Å². The molecule has 3 heterocycles. The van der Waals surface area contributed by atoms with E-state index in [0.29, 0.717) is 25.9 Å². The number of hydrogen-bond acceptors (Lipinski definition) is 17.